The Kier molecular flexibility index (Phi) is 7.60. The summed E-state index contributed by atoms with van der Waals surface area (Å²) in [6, 6.07) is 17.5. The maximum atomic E-state index is 13.8. The highest BCUT2D eigenvalue weighted by molar-refractivity contribution is 7.12. The molecule has 1 aromatic carbocycles. The number of carbonyl (C=O) groups excluding carboxylic acids is 2. The van der Waals surface area contributed by atoms with E-state index in [1.165, 1.54) is 11.3 Å². The predicted octanol–water partition coefficient (Wildman–Crippen LogP) is 3.24. The lowest BCUT2D eigenvalue weighted by molar-refractivity contribution is -0.133. The Labute approximate surface area is 215 Å². The van der Waals surface area contributed by atoms with Crippen molar-refractivity contribution in [3.05, 3.63) is 82.3 Å². The molecule has 2 aliphatic rings. The van der Waals surface area contributed by atoms with Crippen LogP contribution in [-0.2, 0) is 16.6 Å². The largest absolute Gasteiger partial charge is 0.379 e. The zero-order valence-corrected chi connectivity index (χ0v) is 21.3. The summed E-state index contributed by atoms with van der Waals surface area (Å²) in [5.74, 6) is -0.298. The molecule has 3 aromatic rings. The van der Waals surface area contributed by atoms with Crippen LogP contribution in [0.3, 0.4) is 0 Å². The molecule has 0 aliphatic carbocycles. The zero-order chi connectivity index (χ0) is 24.9. The molecule has 36 heavy (non-hydrogen) atoms. The topological polar surface area (TPSA) is 70.4 Å². The van der Waals surface area contributed by atoms with Crippen LogP contribution >= 0.6 is 11.3 Å². The number of carbonyl (C=O) groups is 2. The summed E-state index contributed by atoms with van der Waals surface area (Å²) in [5, 5.41) is 8.26. The fraction of sp³-hybridized carbons (Fsp3) is 0.370. The van der Waals surface area contributed by atoms with Crippen LogP contribution in [0.15, 0.2) is 71.3 Å². The molecular formula is C27H31N5O3S. The SMILES string of the molecule is Cn1cccc1C1=NN(C(=O)CN(CCN2CCOCC2)C(=O)c2cccs2)C(c2ccccc2)C1. The van der Waals surface area contributed by atoms with Gasteiger partial charge in [0.05, 0.1) is 35.5 Å². The monoisotopic (exact) mass is 505 g/mol. The van der Waals surface area contributed by atoms with E-state index in [2.05, 4.69) is 4.90 Å². The average Bonchev–Trinajstić information content (AvgIpc) is 3.68. The van der Waals surface area contributed by atoms with E-state index >= 15 is 0 Å². The number of morpholine rings is 1. The zero-order valence-electron chi connectivity index (χ0n) is 20.5. The van der Waals surface area contributed by atoms with E-state index in [0.29, 0.717) is 37.6 Å². The number of nitrogens with zero attached hydrogens (tertiary/aromatic N) is 5. The first-order valence-electron chi connectivity index (χ1n) is 12.3. The summed E-state index contributed by atoms with van der Waals surface area (Å²) in [6.45, 7) is 4.22. The third-order valence-corrected chi connectivity index (χ3v) is 7.58. The van der Waals surface area contributed by atoms with E-state index < -0.39 is 0 Å². The van der Waals surface area contributed by atoms with E-state index in [-0.39, 0.29) is 24.4 Å². The number of rotatable bonds is 8. The highest BCUT2D eigenvalue weighted by Gasteiger charge is 2.35. The summed E-state index contributed by atoms with van der Waals surface area (Å²) in [4.78, 5) is 31.7. The second-order valence-corrected chi connectivity index (χ2v) is 10.0. The minimum absolute atomic E-state index is 0.0195. The highest BCUT2D eigenvalue weighted by Crippen LogP contribution is 2.33. The molecule has 2 aliphatic heterocycles. The van der Waals surface area contributed by atoms with Crippen LogP contribution in [0.5, 0.6) is 0 Å². The molecule has 9 heteroatoms. The highest BCUT2D eigenvalue weighted by atomic mass is 32.1. The maximum absolute atomic E-state index is 13.8. The number of thiophene rings is 1. The van der Waals surface area contributed by atoms with E-state index in [1.807, 2.05) is 77.8 Å². The third kappa shape index (κ3) is 5.43. The first-order valence-corrected chi connectivity index (χ1v) is 13.2. The van der Waals surface area contributed by atoms with Crippen LogP contribution in [0.25, 0.3) is 0 Å². The van der Waals surface area contributed by atoms with E-state index in [9.17, 15) is 9.59 Å². The second kappa shape index (κ2) is 11.2. The standard InChI is InChI=1S/C27H31N5O3S/c1-29-11-5-9-23(29)22-19-24(21-7-3-2-4-8-21)32(28-22)26(33)20-31(27(34)25-10-6-18-36-25)13-12-30-14-16-35-17-15-30/h2-11,18,24H,12-17,19-20H2,1H3. The van der Waals surface area contributed by atoms with Gasteiger partial charge in [-0.2, -0.15) is 5.10 Å². The number of benzene rings is 1. The molecule has 188 valence electrons. The van der Waals surface area contributed by atoms with Gasteiger partial charge in [-0.1, -0.05) is 36.4 Å². The number of aryl methyl sites for hydroxylation is 1. The number of hydrogen-bond donors (Lipinski definition) is 0. The first-order chi connectivity index (χ1) is 17.6. The van der Waals surface area contributed by atoms with Crippen LogP contribution in [-0.4, -0.2) is 82.8 Å². The predicted molar refractivity (Wildman–Crippen MR) is 140 cm³/mol. The molecule has 1 unspecified atom stereocenters. The molecule has 1 saturated heterocycles. The molecule has 0 bridgehead atoms. The van der Waals surface area contributed by atoms with Gasteiger partial charge in [-0.05, 0) is 29.1 Å². The van der Waals surface area contributed by atoms with Crippen molar-refractivity contribution in [3.8, 4) is 0 Å². The summed E-state index contributed by atoms with van der Waals surface area (Å²) in [5.41, 5.74) is 2.89. The van der Waals surface area contributed by atoms with Crippen molar-refractivity contribution in [1.82, 2.24) is 19.4 Å². The fourth-order valence-corrected chi connectivity index (χ4v) is 5.41. The minimum Gasteiger partial charge on any atom is -0.379 e. The maximum Gasteiger partial charge on any atom is 0.264 e. The Balaban J connectivity index is 1.38. The van der Waals surface area contributed by atoms with Crippen LogP contribution in [0.4, 0.5) is 0 Å². The van der Waals surface area contributed by atoms with Crippen molar-refractivity contribution < 1.29 is 14.3 Å². The van der Waals surface area contributed by atoms with Gasteiger partial charge in [-0.15, -0.1) is 11.3 Å². The number of amides is 2. The van der Waals surface area contributed by atoms with Gasteiger partial charge in [-0.25, -0.2) is 5.01 Å². The van der Waals surface area contributed by atoms with E-state index in [0.717, 1.165) is 30.1 Å². The molecule has 0 spiro atoms. The van der Waals surface area contributed by atoms with Crippen molar-refractivity contribution in [3.63, 3.8) is 0 Å². The van der Waals surface area contributed by atoms with Crippen LogP contribution in [0, 0.1) is 0 Å². The summed E-state index contributed by atoms with van der Waals surface area (Å²) >= 11 is 1.40. The molecule has 0 radical (unpaired) electrons. The Hall–Kier alpha value is -3.27. The lowest BCUT2D eigenvalue weighted by atomic mass is 10.0. The van der Waals surface area contributed by atoms with Gasteiger partial charge in [0, 0.05) is 45.8 Å². The number of aromatic nitrogens is 1. The molecule has 1 fully saturated rings. The summed E-state index contributed by atoms with van der Waals surface area (Å²) in [7, 11) is 1.98. The molecule has 4 heterocycles. The number of hydrogen-bond acceptors (Lipinski definition) is 6. The van der Waals surface area contributed by atoms with Gasteiger partial charge in [-0.3, -0.25) is 14.5 Å². The first kappa shape index (κ1) is 24.4. The quantitative estimate of drug-likeness (QED) is 0.471. The lowest BCUT2D eigenvalue weighted by Gasteiger charge is -2.31. The number of ether oxygens (including phenoxy) is 1. The van der Waals surface area contributed by atoms with Crippen LogP contribution in [0.1, 0.15) is 33.4 Å². The Morgan fingerprint density at radius 2 is 1.89 bits per heavy atom. The summed E-state index contributed by atoms with van der Waals surface area (Å²) in [6.07, 6.45) is 2.60. The number of hydrazone groups is 1. The van der Waals surface area contributed by atoms with Crippen molar-refractivity contribution in [2.24, 2.45) is 12.1 Å². The molecular weight excluding hydrogens is 474 g/mol. The molecule has 8 nitrogen and oxygen atoms in total. The van der Waals surface area contributed by atoms with Crippen molar-refractivity contribution in [2.45, 2.75) is 12.5 Å². The van der Waals surface area contributed by atoms with Gasteiger partial charge in [0.2, 0.25) is 0 Å². The van der Waals surface area contributed by atoms with Crippen LogP contribution in [0.2, 0.25) is 0 Å². The van der Waals surface area contributed by atoms with Gasteiger partial charge in [0.15, 0.2) is 0 Å². The Bertz CT molecular complexity index is 1200. The van der Waals surface area contributed by atoms with Crippen molar-refractivity contribution in [2.75, 3.05) is 45.9 Å². The molecule has 1 atom stereocenters. The lowest BCUT2D eigenvalue weighted by Crippen LogP contribution is -2.46. The van der Waals surface area contributed by atoms with Gasteiger partial charge in [0.25, 0.3) is 11.8 Å². The van der Waals surface area contributed by atoms with Crippen LogP contribution < -0.4 is 0 Å². The Morgan fingerprint density at radius 1 is 1.08 bits per heavy atom. The van der Waals surface area contributed by atoms with Gasteiger partial charge < -0.3 is 14.2 Å². The minimum atomic E-state index is -0.207. The molecule has 2 amide bonds. The third-order valence-electron chi connectivity index (χ3n) is 6.72. The van der Waals surface area contributed by atoms with Gasteiger partial charge >= 0.3 is 0 Å². The summed E-state index contributed by atoms with van der Waals surface area (Å²) < 4.78 is 7.47. The fourth-order valence-electron chi connectivity index (χ4n) is 4.72. The van der Waals surface area contributed by atoms with E-state index in [1.54, 1.807) is 9.91 Å². The molecule has 2 aromatic heterocycles. The Morgan fingerprint density at radius 3 is 2.58 bits per heavy atom. The van der Waals surface area contributed by atoms with Gasteiger partial charge in [0.1, 0.15) is 6.54 Å². The van der Waals surface area contributed by atoms with E-state index in [4.69, 9.17) is 9.84 Å². The smallest absolute Gasteiger partial charge is 0.264 e. The van der Waals surface area contributed by atoms with Crippen molar-refractivity contribution >= 4 is 28.9 Å². The second-order valence-electron chi connectivity index (χ2n) is 9.08. The molecule has 5 rings (SSSR count). The van der Waals surface area contributed by atoms with Crippen molar-refractivity contribution in [1.29, 1.82) is 0 Å². The average molecular weight is 506 g/mol. The molecule has 0 saturated carbocycles. The molecule has 0 N–H and O–H groups in total. The normalized spacial score (nSPS) is 18.3.